The number of nitrogens with one attached hydrogen (secondary N) is 1. The molecule has 1 aromatic heterocycles. The molecule has 0 radical (unpaired) electrons. The van der Waals surface area contributed by atoms with Crippen LogP contribution in [0.5, 0.6) is 0 Å². The maximum Gasteiger partial charge on any atom is 0.0572 e. The summed E-state index contributed by atoms with van der Waals surface area (Å²) in [7, 11) is 2.04. The van der Waals surface area contributed by atoms with Gasteiger partial charge < -0.3 is 5.32 Å². The van der Waals surface area contributed by atoms with Gasteiger partial charge in [0.1, 0.15) is 0 Å². The number of halogens is 1. The molecule has 1 aliphatic rings. The van der Waals surface area contributed by atoms with Crippen molar-refractivity contribution in [3.63, 3.8) is 0 Å². The summed E-state index contributed by atoms with van der Waals surface area (Å²) in [5.41, 5.74) is 1.19. The second-order valence-electron chi connectivity index (χ2n) is 4.99. The molecule has 2 unspecified atom stereocenters. The molecule has 18 heavy (non-hydrogen) atoms. The van der Waals surface area contributed by atoms with Crippen molar-refractivity contribution in [1.82, 2.24) is 15.2 Å². The SMILES string of the molecule is CNCC1CCCN(C(C)c2ccccn2)C1.Cl. The number of nitrogens with zero attached hydrogens (tertiary/aromatic N) is 2. The van der Waals surface area contributed by atoms with Crippen molar-refractivity contribution >= 4 is 12.4 Å². The van der Waals surface area contributed by atoms with Gasteiger partial charge in [-0.05, 0) is 58.0 Å². The van der Waals surface area contributed by atoms with Crippen LogP contribution in [0.4, 0.5) is 0 Å². The molecule has 4 heteroatoms. The fourth-order valence-electron chi connectivity index (χ4n) is 2.71. The summed E-state index contributed by atoms with van der Waals surface area (Å²) in [6.45, 7) is 5.80. The summed E-state index contributed by atoms with van der Waals surface area (Å²) in [6.07, 6.45) is 4.55. The van der Waals surface area contributed by atoms with Gasteiger partial charge in [-0.3, -0.25) is 9.88 Å². The van der Waals surface area contributed by atoms with Crippen LogP contribution in [-0.4, -0.2) is 36.6 Å². The van der Waals surface area contributed by atoms with Gasteiger partial charge >= 0.3 is 0 Å². The van der Waals surface area contributed by atoms with Crippen molar-refractivity contribution in [2.24, 2.45) is 5.92 Å². The number of hydrogen-bond acceptors (Lipinski definition) is 3. The van der Waals surface area contributed by atoms with Crippen LogP contribution in [-0.2, 0) is 0 Å². The molecular formula is C14H24ClN3. The molecule has 2 rings (SSSR count). The molecule has 0 saturated carbocycles. The molecule has 1 aromatic rings. The van der Waals surface area contributed by atoms with Gasteiger partial charge in [0.05, 0.1) is 5.69 Å². The fourth-order valence-corrected chi connectivity index (χ4v) is 2.71. The number of likely N-dealkylation sites (tertiary alicyclic amines) is 1. The minimum absolute atomic E-state index is 0. The summed E-state index contributed by atoms with van der Waals surface area (Å²) in [5.74, 6) is 0.792. The summed E-state index contributed by atoms with van der Waals surface area (Å²) in [4.78, 5) is 7.03. The van der Waals surface area contributed by atoms with Crippen LogP contribution < -0.4 is 5.32 Å². The van der Waals surface area contributed by atoms with E-state index in [2.05, 4.69) is 34.3 Å². The number of rotatable bonds is 4. The average molecular weight is 270 g/mol. The second-order valence-corrected chi connectivity index (χ2v) is 4.99. The van der Waals surface area contributed by atoms with E-state index in [-0.39, 0.29) is 12.4 Å². The van der Waals surface area contributed by atoms with Crippen LogP contribution in [0.3, 0.4) is 0 Å². The van der Waals surface area contributed by atoms with E-state index in [0.717, 1.165) is 12.5 Å². The Hall–Kier alpha value is -0.640. The van der Waals surface area contributed by atoms with E-state index in [0.29, 0.717) is 6.04 Å². The molecule has 0 aromatic carbocycles. The Labute approximate surface area is 116 Å². The Kier molecular flexibility index (Phi) is 6.61. The predicted octanol–water partition coefficient (Wildman–Crippen LogP) is 2.50. The first-order valence-corrected chi connectivity index (χ1v) is 6.61. The summed E-state index contributed by atoms with van der Waals surface area (Å²) < 4.78 is 0. The van der Waals surface area contributed by atoms with Gasteiger partial charge in [0.2, 0.25) is 0 Å². The second kappa shape index (κ2) is 7.72. The highest BCUT2D eigenvalue weighted by atomic mass is 35.5. The van der Waals surface area contributed by atoms with Crippen molar-refractivity contribution < 1.29 is 0 Å². The Morgan fingerprint density at radius 3 is 3.00 bits per heavy atom. The van der Waals surface area contributed by atoms with Crippen LogP contribution in [0.2, 0.25) is 0 Å². The lowest BCUT2D eigenvalue weighted by Gasteiger charge is -2.36. The zero-order valence-corrected chi connectivity index (χ0v) is 12.1. The molecule has 0 spiro atoms. The molecule has 1 N–H and O–H groups in total. The van der Waals surface area contributed by atoms with Crippen LogP contribution in [0.15, 0.2) is 24.4 Å². The van der Waals surface area contributed by atoms with Crippen molar-refractivity contribution in [2.45, 2.75) is 25.8 Å². The van der Waals surface area contributed by atoms with Crippen LogP contribution in [0, 0.1) is 5.92 Å². The average Bonchev–Trinajstić information content (AvgIpc) is 2.40. The Balaban J connectivity index is 0.00000162. The van der Waals surface area contributed by atoms with E-state index in [1.165, 1.54) is 31.6 Å². The molecular weight excluding hydrogens is 246 g/mol. The molecule has 1 aliphatic heterocycles. The third-order valence-electron chi connectivity index (χ3n) is 3.71. The zero-order chi connectivity index (χ0) is 12.1. The summed E-state index contributed by atoms with van der Waals surface area (Å²) in [5, 5.41) is 3.29. The lowest BCUT2D eigenvalue weighted by atomic mass is 9.96. The summed E-state index contributed by atoms with van der Waals surface area (Å²) in [6, 6.07) is 6.63. The maximum atomic E-state index is 4.47. The van der Waals surface area contributed by atoms with E-state index < -0.39 is 0 Å². The van der Waals surface area contributed by atoms with Crippen molar-refractivity contribution in [1.29, 1.82) is 0 Å². The Morgan fingerprint density at radius 2 is 2.33 bits per heavy atom. The van der Waals surface area contributed by atoms with Gasteiger partial charge in [0.25, 0.3) is 0 Å². The smallest absolute Gasteiger partial charge is 0.0572 e. The van der Waals surface area contributed by atoms with Gasteiger partial charge in [-0.2, -0.15) is 0 Å². The first kappa shape index (κ1) is 15.4. The molecule has 0 amide bonds. The Morgan fingerprint density at radius 1 is 1.50 bits per heavy atom. The van der Waals surface area contributed by atoms with Crippen LogP contribution in [0.25, 0.3) is 0 Å². The first-order valence-electron chi connectivity index (χ1n) is 6.61. The van der Waals surface area contributed by atoms with Crippen molar-refractivity contribution in [3.05, 3.63) is 30.1 Å². The number of aromatic nitrogens is 1. The minimum atomic E-state index is 0. The van der Waals surface area contributed by atoms with Gasteiger partial charge in [-0.1, -0.05) is 6.07 Å². The zero-order valence-electron chi connectivity index (χ0n) is 11.3. The van der Waals surface area contributed by atoms with Crippen molar-refractivity contribution in [2.75, 3.05) is 26.7 Å². The first-order chi connectivity index (χ1) is 8.31. The molecule has 2 atom stereocenters. The van der Waals surface area contributed by atoms with E-state index in [1.807, 2.05) is 19.3 Å². The topological polar surface area (TPSA) is 28.2 Å². The highest BCUT2D eigenvalue weighted by Crippen LogP contribution is 2.24. The largest absolute Gasteiger partial charge is 0.319 e. The maximum absolute atomic E-state index is 4.47. The van der Waals surface area contributed by atoms with E-state index in [9.17, 15) is 0 Å². The van der Waals surface area contributed by atoms with E-state index in [4.69, 9.17) is 0 Å². The lowest BCUT2D eigenvalue weighted by molar-refractivity contribution is 0.129. The number of pyridine rings is 1. The Bertz CT molecular complexity index is 329. The molecule has 3 nitrogen and oxygen atoms in total. The normalized spacial score (nSPS) is 22.2. The predicted molar refractivity (Wildman–Crippen MR) is 78.1 cm³/mol. The standard InChI is InChI=1S/C14H23N3.ClH/c1-12(14-7-3-4-8-16-14)17-9-5-6-13(11-17)10-15-2;/h3-4,7-8,12-13,15H,5-6,9-11H2,1-2H3;1H. The highest BCUT2D eigenvalue weighted by molar-refractivity contribution is 5.85. The summed E-state index contributed by atoms with van der Waals surface area (Å²) >= 11 is 0. The van der Waals surface area contributed by atoms with Gasteiger partial charge in [0, 0.05) is 18.8 Å². The van der Waals surface area contributed by atoms with E-state index >= 15 is 0 Å². The molecule has 0 bridgehead atoms. The molecule has 0 aliphatic carbocycles. The monoisotopic (exact) mass is 269 g/mol. The number of piperidine rings is 1. The molecule has 102 valence electrons. The molecule has 1 fully saturated rings. The quantitative estimate of drug-likeness (QED) is 0.910. The molecule has 2 heterocycles. The number of hydrogen-bond donors (Lipinski definition) is 1. The highest BCUT2D eigenvalue weighted by Gasteiger charge is 2.24. The van der Waals surface area contributed by atoms with Crippen LogP contribution in [0.1, 0.15) is 31.5 Å². The molecule has 1 saturated heterocycles. The third-order valence-corrected chi connectivity index (χ3v) is 3.71. The van der Waals surface area contributed by atoms with Gasteiger partial charge in [0.15, 0.2) is 0 Å². The van der Waals surface area contributed by atoms with E-state index in [1.54, 1.807) is 0 Å². The van der Waals surface area contributed by atoms with Gasteiger partial charge in [-0.25, -0.2) is 0 Å². The third kappa shape index (κ3) is 3.94. The lowest BCUT2D eigenvalue weighted by Crippen LogP contribution is -2.40. The van der Waals surface area contributed by atoms with Crippen molar-refractivity contribution in [3.8, 4) is 0 Å². The fraction of sp³-hybridized carbons (Fsp3) is 0.643. The van der Waals surface area contributed by atoms with Gasteiger partial charge in [-0.15, -0.1) is 12.4 Å². The minimum Gasteiger partial charge on any atom is -0.319 e. The van der Waals surface area contributed by atoms with Crippen LogP contribution >= 0.6 is 12.4 Å².